The largest absolute Gasteiger partial charge is 0.497 e. The van der Waals surface area contributed by atoms with Gasteiger partial charge in [-0.05, 0) is 124 Å². The summed E-state index contributed by atoms with van der Waals surface area (Å²) in [7, 11) is -0.903. The number of rotatable bonds is 22. The van der Waals surface area contributed by atoms with E-state index in [9.17, 15) is 29.1 Å². The SMILES string of the molecule is CCCCc1ccc(-c2ccc(C(=O)N[C@@H](CCN)C(=O)N[C@H](C(=O)N[C@@H](N)C(=O)N[C@@H](CCCCN)C(=O)N[C@@H](N)B3O[C@@H]4C[C@@H]5C[C@@H](C5(C)C)[C@]4(C)O3)C(C)O)c(N)c2)cc1. The highest BCUT2D eigenvalue weighted by atomic mass is 16.7. The van der Waals surface area contributed by atoms with Crippen LogP contribution in [0.1, 0.15) is 102 Å². The molecule has 6 rings (SSSR count). The van der Waals surface area contributed by atoms with E-state index in [1.165, 1.54) is 12.5 Å². The fraction of sp³-hybridized carbons (Fsp3) is 0.614. The molecule has 0 spiro atoms. The summed E-state index contributed by atoms with van der Waals surface area (Å²) in [6.07, 6.45) is 2.93. The molecule has 0 radical (unpaired) electrons. The molecule has 0 aromatic heterocycles. The Balaban J connectivity index is 1.16. The predicted molar refractivity (Wildman–Crippen MR) is 241 cm³/mol. The average Bonchev–Trinajstić information content (AvgIpc) is 3.61. The van der Waals surface area contributed by atoms with Crippen molar-refractivity contribution in [3.05, 3.63) is 53.6 Å². The zero-order valence-corrected chi connectivity index (χ0v) is 37.3. The van der Waals surface area contributed by atoms with E-state index in [2.05, 4.69) is 59.5 Å². The summed E-state index contributed by atoms with van der Waals surface area (Å²) in [5.74, 6) is -3.21. The van der Waals surface area contributed by atoms with E-state index in [1.807, 2.05) is 19.1 Å². The first-order valence-electron chi connectivity index (χ1n) is 22.3. The Kier molecular flexibility index (Phi) is 16.8. The van der Waals surface area contributed by atoms with Crippen LogP contribution in [0.25, 0.3) is 11.1 Å². The average molecular weight is 877 g/mol. The number of aliphatic hydroxyl groups is 1. The number of unbranched alkanes of at least 4 members (excludes halogenated alkanes) is 2. The highest BCUT2D eigenvalue weighted by Crippen LogP contribution is 2.65. The Hall–Kier alpha value is -4.63. The fourth-order valence-corrected chi connectivity index (χ4v) is 9.24. The maximum Gasteiger partial charge on any atom is 0.497 e. The molecule has 1 heterocycles. The molecule has 346 valence electrons. The third-order valence-electron chi connectivity index (χ3n) is 13.3. The van der Waals surface area contributed by atoms with Crippen molar-refractivity contribution in [3.8, 4) is 11.1 Å². The number of benzene rings is 2. The van der Waals surface area contributed by atoms with E-state index in [4.69, 9.17) is 38.0 Å². The van der Waals surface area contributed by atoms with E-state index in [1.54, 1.807) is 18.2 Å². The molecule has 1 saturated heterocycles. The standard InChI is InChI=1S/C44H69BN10O8/c1-6-7-10-25-12-14-26(15-13-25)27-16-17-29(30(48)21-27)37(57)51-32(18-20-47)38(58)53-35(24(2)56)40(60)54-36(49)41(61)52-31(11-8-9-19-46)39(59)55-42(50)45-62-34-23-28-22-33(43(28,3)4)44(34,5)63-45/h12-17,21,24,28,31-36,42,56H,6-11,18-20,22-23,46-50H2,1-5H3,(H,51,57)(H,52,61)(H,53,58)(H,54,60)(H,55,59)/t24?,28-,31-,32-,33-,34+,35-,36+,42+,44-/m0/s1. The van der Waals surface area contributed by atoms with Crippen LogP contribution in [0.15, 0.2) is 42.5 Å². The van der Waals surface area contributed by atoms with Crippen LogP contribution < -0.4 is 55.3 Å². The molecule has 4 aliphatic rings. The summed E-state index contributed by atoms with van der Waals surface area (Å²) in [5, 5.41) is 23.2. The number of anilines is 1. The fourth-order valence-electron chi connectivity index (χ4n) is 9.24. The van der Waals surface area contributed by atoms with E-state index < -0.39 is 78.7 Å². The van der Waals surface area contributed by atoms with Crippen LogP contribution in [-0.4, -0.2) is 103 Å². The van der Waals surface area contributed by atoms with Crippen molar-refractivity contribution in [1.29, 1.82) is 0 Å². The van der Waals surface area contributed by atoms with Crippen LogP contribution in [0.4, 0.5) is 5.69 Å². The van der Waals surface area contributed by atoms with Crippen molar-refractivity contribution in [1.82, 2.24) is 26.6 Å². The Morgan fingerprint density at radius 3 is 2.10 bits per heavy atom. The first-order valence-corrected chi connectivity index (χ1v) is 22.3. The molecular formula is C44H69BN10O8. The van der Waals surface area contributed by atoms with Gasteiger partial charge in [0.05, 0.1) is 23.4 Å². The number of aryl methyl sites for hydroxylation is 1. The van der Waals surface area contributed by atoms with Crippen LogP contribution in [0.5, 0.6) is 0 Å². The minimum Gasteiger partial charge on any atom is -0.403 e. The summed E-state index contributed by atoms with van der Waals surface area (Å²) in [6, 6.07) is 8.13. The van der Waals surface area contributed by atoms with Gasteiger partial charge in [0.1, 0.15) is 24.2 Å². The smallest absolute Gasteiger partial charge is 0.403 e. The lowest BCUT2D eigenvalue weighted by Gasteiger charge is -2.64. The van der Waals surface area contributed by atoms with Crippen molar-refractivity contribution in [2.24, 2.45) is 40.2 Å². The van der Waals surface area contributed by atoms with Gasteiger partial charge in [-0.2, -0.15) is 0 Å². The molecule has 1 unspecified atom stereocenters. The number of carbonyl (C=O) groups excluding carboxylic acids is 5. The van der Waals surface area contributed by atoms with Crippen LogP contribution in [-0.2, 0) is 34.9 Å². The minimum atomic E-state index is -1.71. The molecule has 2 aromatic rings. The number of nitrogens with one attached hydrogen (secondary N) is 5. The molecule has 3 saturated carbocycles. The quantitative estimate of drug-likeness (QED) is 0.0328. The Bertz CT molecular complexity index is 1940. The van der Waals surface area contributed by atoms with Crippen molar-refractivity contribution in [2.75, 3.05) is 18.8 Å². The number of amides is 5. The zero-order chi connectivity index (χ0) is 46.2. The molecule has 10 atom stereocenters. The van der Waals surface area contributed by atoms with Gasteiger partial charge in [-0.1, -0.05) is 57.5 Å². The Labute approximate surface area is 370 Å². The Morgan fingerprint density at radius 1 is 0.810 bits per heavy atom. The zero-order valence-electron chi connectivity index (χ0n) is 37.3. The maximum absolute atomic E-state index is 13.6. The molecule has 18 nitrogen and oxygen atoms in total. The van der Waals surface area contributed by atoms with Gasteiger partial charge in [0, 0.05) is 5.69 Å². The van der Waals surface area contributed by atoms with Crippen LogP contribution in [0, 0.1) is 17.3 Å². The number of hydrogen-bond donors (Lipinski definition) is 11. The summed E-state index contributed by atoms with van der Waals surface area (Å²) >= 11 is 0. The molecule has 3 aliphatic carbocycles. The second-order valence-corrected chi connectivity index (χ2v) is 18.1. The van der Waals surface area contributed by atoms with Gasteiger partial charge in [-0.3, -0.25) is 24.0 Å². The summed E-state index contributed by atoms with van der Waals surface area (Å²) in [5.41, 5.74) is 33.2. The third kappa shape index (κ3) is 11.6. The highest BCUT2D eigenvalue weighted by molar-refractivity contribution is 6.47. The van der Waals surface area contributed by atoms with Gasteiger partial charge in [0.15, 0.2) is 6.17 Å². The number of aliphatic hydroxyl groups excluding tert-OH is 1. The van der Waals surface area contributed by atoms with E-state index in [-0.39, 0.29) is 48.1 Å². The second kappa shape index (κ2) is 21.4. The highest BCUT2D eigenvalue weighted by Gasteiger charge is 2.68. The summed E-state index contributed by atoms with van der Waals surface area (Å²) in [6.45, 7) is 10.3. The normalized spacial score (nSPS) is 23.7. The summed E-state index contributed by atoms with van der Waals surface area (Å²) in [4.78, 5) is 67.3. The monoisotopic (exact) mass is 877 g/mol. The van der Waals surface area contributed by atoms with Crippen LogP contribution in [0.2, 0.25) is 0 Å². The van der Waals surface area contributed by atoms with Crippen molar-refractivity contribution < 1.29 is 38.4 Å². The second-order valence-electron chi connectivity index (χ2n) is 18.1. The van der Waals surface area contributed by atoms with Crippen LogP contribution in [0.3, 0.4) is 0 Å². The lowest BCUT2D eigenvalue weighted by atomic mass is 9.43. The van der Waals surface area contributed by atoms with Gasteiger partial charge < -0.3 is 69.7 Å². The molecule has 5 amide bonds. The topological polar surface area (TPSA) is 314 Å². The van der Waals surface area contributed by atoms with Crippen molar-refractivity contribution >= 4 is 42.3 Å². The van der Waals surface area contributed by atoms with Crippen molar-refractivity contribution in [3.63, 3.8) is 0 Å². The molecular weight excluding hydrogens is 807 g/mol. The maximum atomic E-state index is 13.6. The van der Waals surface area contributed by atoms with Crippen molar-refractivity contribution in [2.45, 2.75) is 141 Å². The van der Waals surface area contributed by atoms with Gasteiger partial charge in [-0.25, -0.2) is 0 Å². The molecule has 1 aliphatic heterocycles. The molecule has 63 heavy (non-hydrogen) atoms. The number of nitrogen functional groups attached to an aromatic ring is 1. The summed E-state index contributed by atoms with van der Waals surface area (Å²) < 4.78 is 12.6. The minimum absolute atomic E-state index is 0.0115. The lowest BCUT2D eigenvalue weighted by Crippen LogP contribution is -2.65. The molecule has 2 bridgehead atoms. The predicted octanol–water partition coefficient (Wildman–Crippen LogP) is 0.274. The number of hydrogen-bond acceptors (Lipinski definition) is 13. The first-order chi connectivity index (χ1) is 29.8. The third-order valence-corrected chi connectivity index (χ3v) is 13.3. The van der Waals surface area contributed by atoms with E-state index in [0.717, 1.165) is 43.2 Å². The van der Waals surface area contributed by atoms with Gasteiger partial charge in [0.2, 0.25) is 17.7 Å². The lowest BCUT2D eigenvalue weighted by molar-refractivity contribution is -0.199. The Morgan fingerprint density at radius 2 is 1.48 bits per heavy atom. The molecule has 4 fully saturated rings. The first kappa shape index (κ1) is 49.4. The number of carbonyl (C=O) groups is 5. The van der Waals surface area contributed by atoms with E-state index in [0.29, 0.717) is 25.3 Å². The van der Waals surface area contributed by atoms with Gasteiger partial charge in [-0.15, -0.1) is 0 Å². The molecule has 19 heteroatoms. The number of nitrogens with two attached hydrogens (primary N) is 5. The molecule has 2 aromatic carbocycles. The van der Waals surface area contributed by atoms with E-state index >= 15 is 0 Å². The van der Waals surface area contributed by atoms with Gasteiger partial charge in [0.25, 0.3) is 11.8 Å². The van der Waals surface area contributed by atoms with Gasteiger partial charge >= 0.3 is 7.12 Å². The van der Waals surface area contributed by atoms with Crippen LogP contribution >= 0.6 is 0 Å². The molecule has 16 N–H and O–H groups in total.